The number of aromatic nitrogens is 4. The first kappa shape index (κ1) is 21.5. The van der Waals surface area contributed by atoms with Crippen molar-refractivity contribution in [2.24, 2.45) is 5.92 Å². The van der Waals surface area contributed by atoms with Crippen molar-refractivity contribution in [3.8, 4) is 11.3 Å². The van der Waals surface area contributed by atoms with Crippen LogP contribution in [0.4, 0.5) is 5.69 Å². The quantitative estimate of drug-likeness (QED) is 0.413. The van der Waals surface area contributed by atoms with Crippen LogP contribution in [-0.2, 0) is 0 Å². The summed E-state index contributed by atoms with van der Waals surface area (Å²) in [6.45, 7) is 2.73. The molecule has 0 aliphatic heterocycles. The molecule has 0 atom stereocenters. The summed E-state index contributed by atoms with van der Waals surface area (Å²) in [7, 11) is 4.28. The second-order valence-electron chi connectivity index (χ2n) is 9.43. The largest absolute Gasteiger partial charge is 0.380 e. The number of pyridine rings is 2. The Kier molecular flexibility index (Phi) is 5.81. The Morgan fingerprint density at radius 3 is 2.67 bits per heavy atom. The van der Waals surface area contributed by atoms with E-state index < -0.39 is 0 Å². The zero-order valence-corrected chi connectivity index (χ0v) is 19.4. The number of carbonyl (C=O) groups is 1. The minimum atomic E-state index is -0.00154. The highest BCUT2D eigenvalue weighted by molar-refractivity contribution is 6.06. The van der Waals surface area contributed by atoms with E-state index in [0.29, 0.717) is 11.6 Å². The second kappa shape index (κ2) is 8.90. The smallest absolute Gasteiger partial charge is 0.163 e. The molecule has 2 N–H and O–H groups in total. The molecule has 3 heterocycles. The van der Waals surface area contributed by atoms with Gasteiger partial charge in [-0.2, -0.15) is 0 Å². The van der Waals surface area contributed by atoms with Gasteiger partial charge < -0.3 is 15.2 Å². The lowest BCUT2D eigenvalue weighted by Gasteiger charge is -2.31. The van der Waals surface area contributed by atoms with E-state index in [1.54, 1.807) is 19.4 Å². The molecular weight excluding hydrogens is 412 g/mol. The fraction of sp³-hybridized carbons (Fsp3) is 0.385. The van der Waals surface area contributed by atoms with Crippen LogP contribution in [0.15, 0.2) is 42.9 Å². The van der Waals surface area contributed by atoms with Crippen LogP contribution in [0.25, 0.3) is 33.3 Å². The third-order valence-electron chi connectivity index (χ3n) is 6.63. The number of rotatable bonds is 6. The van der Waals surface area contributed by atoms with Gasteiger partial charge in [-0.1, -0.05) is 6.07 Å². The van der Waals surface area contributed by atoms with E-state index in [4.69, 9.17) is 4.98 Å². The molecule has 33 heavy (non-hydrogen) atoms. The van der Waals surface area contributed by atoms with Crippen molar-refractivity contribution in [3.05, 3.63) is 48.4 Å². The molecule has 0 spiro atoms. The van der Waals surface area contributed by atoms with Crippen molar-refractivity contribution in [3.63, 3.8) is 0 Å². The molecule has 1 aliphatic carbocycles. The van der Waals surface area contributed by atoms with Crippen molar-refractivity contribution in [1.29, 1.82) is 0 Å². The van der Waals surface area contributed by atoms with E-state index in [0.717, 1.165) is 64.3 Å². The Labute approximate surface area is 193 Å². The minimum absolute atomic E-state index is 0.00154. The zero-order chi connectivity index (χ0) is 22.9. The first-order valence-electron chi connectivity index (χ1n) is 11.6. The predicted molar refractivity (Wildman–Crippen MR) is 133 cm³/mol. The highest BCUT2D eigenvalue weighted by Gasteiger charge is 2.24. The highest BCUT2D eigenvalue weighted by Crippen LogP contribution is 2.32. The number of ketones is 1. The van der Waals surface area contributed by atoms with Gasteiger partial charge in [0.05, 0.1) is 39.8 Å². The van der Waals surface area contributed by atoms with E-state index in [2.05, 4.69) is 39.3 Å². The maximum absolute atomic E-state index is 12.5. The van der Waals surface area contributed by atoms with Gasteiger partial charge in [-0.3, -0.25) is 9.78 Å². The highest BCUT2D eigenvalue weighted by atomic mass is 16.1. The average Bonchev–Trinajstić information content (AvgIpc) is 3.27. The standard InChI is InChI=1S/C26H30N6O/c1-16(33)20-13-27-23-11-10-21(18-6-9-22-24(12-18)29-15-28-22)31-26(23)25(20)30-19-7-4-17(5-8-19)14-32(2)3/h6,9-13,15,17,19H,4-5,7-8,14H2,1-3H3,(H,27,30)(H,28,29). The number of Topliss-reactive ketones (excluding diaryl/α,β-unsaturated/α-hetero) is 1. The fourth-order valence-electron chi connectivity index (χ4n) is 4.94. The van der Waals surface area contributed by atoms with Crippen LogP contribution in [0.5, 0.6) is 0 Å². The summed E-state index contributed by atoms with van der Waals surface area (Å²) in [5, 5.41) is 3.70. The van der Waals surface area contributed by atoms with E-state index in [1.807, 2.05) is 30.3 Å². The number of benzene rings is 1. The normalized spacial score (nSPS) is 18.8. The van der Waals surface area contributed by atoms with Crippen LogP contribution in [0.1, 0.15) is 43.0 Å². The van der Waals surface area contributed by atoms with Crippen molar-refractivity contribution in [2.75, 3.05) is 26.0 Å². The first-order valence-corrected chi connectivity index (χ1v) is 11.6. The van der Waals surface area contributed by atoms with Crippen molar-refractivity contribution in [1.82, 2.24) is 24.8 Å². The SMILES string of the molecule is CC(=O)c1cnc2ccc(-c3ccc4[nH]cnc4c3)nc2c1NC1CCC(CN(C)C)CC1. The summed E-state index contributed by atoms with van der Waals surface area (Å²) in [5.74, 6) is 0.736. The number of fused-ring (bicyclic) bond motifs is 2. The van der Waals surface area contributed by atoms with Gasteiger partial charge in [0.25, 0.3) is 0 Å². The molecule has 0 saturated heterocycles. The van der Waals surface area contributed by atoms with Gasteiger partial charge in [0.15, 0.2) is 5.78 Å². The van der Waals surface area contributed by atoms with Crippen LogP contribution in [0.2, 0.25) is 0 Å². The van der Waals surface area contributed by atoms with Crippen LogP contribution >= 0.6 is 0 Å². The Morgan fingerprint density at radius 1 is 1.09 bits per heavy atom. The average molecular weight is 443 g/mol. The molecule has 5 rings (SSSR count). The van der Waals surface area contributed by atoms with Crippen molar-refractivity contribution >= 4 is 33.5 Å². The van der Waals surface area contributed by atoms with E-state index in [-0.39, 0.29) is 5.78 Å². The number of nitrogens with one attached hydrogen (secondary N) is 2. The molecule has 1 saturated carbocycles. The number of anilines is 1. The van der Waals surface area contributed by atoms with E-state index >= 15 is 0 Å². The van der Waals surface area contributed by atoms with Gasteiger partial charge in [-0.05, 0) is 76.9 Å². The number of aromatic amines is 1. The Balaban J connectivity index is 1.50. The van der Waals surface area contributed by atoms with Gasteiger partial charge in [0, 0.05) is 24.3 Å². The minimum Gasteiger partial charge on any atom is -0.380 e. The predicted octanol–water partition coefficient (Wildman–Crippen LogP) is 4.91. The molecule has 1 fully saturated rings. The number of H-pyrrole nitrogens is 1. The van der Waals surface area contributed by atoms with Gasteiger partial charge in [0.2, 0.25) is 0 Å². The molecule has 1 aromatic carbocycles. The number of hydrogen-bond acceptors (Lipinski definition) is 6. The molecule has 3 aromatic heterocycles. The first-order chi connectivity index (χ1) is 16.0. The van der Waals surface area contributed by atoms with Gasteiger partial charge in [-0.25, -0.2) is 9.97 Å². The molecule has 0 bridgehead atoms. The maximum atomic E-state index is 12.5. The number of imidazole rings is 1. The molecule has 4 aromatic rings. The summed E-state index contributed by atoms with van der Waals surface area (Å²) in [6.07, 6.45) is 7.94. The van der Waals surface area contributed by atoms with E-state index in [1.165, 1.54) is 12.8 Å². The van der Waals surface area contributed by atoms with Gasteiger partial charge >= 0.3 is 0 Å². The summed E-state index contributed by atoms with van der Waals surface area (Å²) in [4.78, 5) is 31.7. The lowest BCUT2D eigenvalue weighted by atomic mass is 9.85. The van der Waals surface area contributed by atoms with Gasteiger partial charge in [-0.15, -0.1) is 0 Å². The topological polar surface area (TPSA) is 86.8 Å². The monoisotopic (exact) mass is 442 g/mol. The third-order valence-corrected chi connectivity index (χ3v) is 6.63. The van der Waals surface area contributed by atoms with Crippen LogP contribution < -0.4 is 5.32 Å². The molecule has 0 amide bonds. The Bertz CT molecular complexity index is 1300. The zero-order valence-electron chi connectivity index (χ0n) is 19.4. The molecule has 7 heteroatoms. The summed E-state index contributed by atoms with van der Waals surface area (Å²) < 4.78 is 0. The lowest BCUT2D eigenvalue weighted by Crippen LogP contribution is -2.31. The van der Waals surface area contributed by atoms with Gasteiger partial charge in [0.1, 0.15) is 5.52 Å². The molecule has 170 valence electrons. The van der Waals surface area contributed by atoms with Crippen molar-refractivity contribution in [2.45, 2.75) is 38.6 Å². The van der Waals surface area contributed by atoms with Crippen molar-refractivity contribution < 1.29 is 4.79 Å². The number of hydrogen-bond donors (Lipinski definition) is 2. The number of carbonyl (C=O) groups excluding carboxylic acids is 1. The molecule has 7 nitrogen and oxygen atoms in total. The summed E-state index contributed by atoms with van der Waals surface area (Å²) >= 11 is 0. The van der Waals surface area contributed by atoms with E-state index in [9.17, 15) is 4.79 Å². The van der Waals surface area contributed by atoms with Crippen LogP contribution in [-0.4, -0.2) is 57.3 Å². The summed E-state index contributed by atoms with van der Waals surface area (Å²) in [6, 6.07) is 10.4. The second-order valence-corrected chi connectivity index (χ2v) is 9.43. The molecule has 0 unspecified atom stereocenters. The number of nitrogens with zero attached hydrogens (tertiary/aromatic N) is 4. The fourth-order valence-corrected chi connectivity index (χ4v) is 4.94. The van der Waals surface area contributed by atoms with Crippen LogP contribution in [0.3, 0.4) is 0 Å². The van der Waals surface area contributed by atoms with Crippen LogP contribution in [0, 0.1) is 5.92 Å². The third kappa shape index (κ3) is 4.46. The molecular formula is C26H30N6O. The maximum Gasteiger partial charge on any atom is 0.163 e. The Hall–Kier alpha value is -3.32. The summed E-state index contributed by atoms with van der Waals surface area (Å²) in [5.41, 5.74) is 6.67. The molecule has 0 radical (unpaired) electrons. The Morgan fingerprint density at radius 2 is 1.91 bits per heavy atom. The lowest BCUT2D eigenvalue weighted by molar-refractivity contribution is 0.101. The molecule has 1 aliphatic rings.